The summed E-state index contributed by atoms with van der Waals surface area (Å²) in [5.74, 6) is 0.412. The van der Waals surface area contributed by atoms with Gasteiger partial charge >= 0.3 is 0 Å². The first-order chi connectivity index (χ1) is 9.70. The maximum absolute atomic E-state index is 6.10. The van der Waals surface area contributed by atoms with Crippen molar-refractivity contribution in [2.75, 3.05) is 31.9 Å². The molecular weight excluding hydrogens is 372 g/mol. The summed E-state index contributed by atoms with van der Waals surface area (Å²) in [5.41, 5.74) is 6.90. The predicted octanol–water partition coefficient (Wildman–Crippen LogP) is 3.17. The quantitative estimate of drug-likeness (QED) is 0.588. The van der Waals surface area contributed by atoms with Gasteiger partial charge in [0.25, 0.3) is 0 Å². The van der Waals surface area contributed by atoms with E-state index in [4.69, 9.17) is 29.6 Å². The van der Waals surface area contributed by atoms with Gasteiger partial charge in [0.1, 0.15) is 15.4 Å². The molecule has 1 saturated heterocycles. The SMILES string of the molecule is CC(C)(C)N1CCN(C(=S)c2cc(Cl)c(Br)nc2N)CC1. The highest BCUT2D eigenvalue weighted by atomic mass is 79.9. The second-order valence-electron chi connectivity index (χ2n) is 6.14. The molecule has 1 aromatic rings. The van der Waals surface area contributed by atoms with Crippen molar-refractivity contribution in [2.24, 2.45) is 0 Å². The summed E-state index contributed by atoms with van der Waals surface area (Å²) < 4.78 is 0.547. The number of anilines is 1. The number of rotatable bonds is 1. The fraction of sp³-hybridized carbons (Fsp3) is 0.571. The molecule has 2 N–H and O–H groups in total. The summed E-state index contributed by atoms with van der Waals surface area (Å²) in [6, 6.07) is 1.78. The molecule has 2 rings (SSSR count). The Morgan fingerprint density at radius 2 is 1.90 bits per heavy atom. The van der Waals surface area contributed by atoms with E-state index in [-0.39, 0.29) is 5.54 Å². The fourth-order valence-electron chi connectivity index (χ4n) is 2.40. The van der Waals surface area contributed by atoms with Crippen LogP contribution < -0.4 is 5.73 Å². The number of thiocarbonyl (C=S) groups is 1. The number of halogens is 2. The minimum atomic E-state index is 0.190. The van der Waals surface area contributed by atoms with E-state index in [2.05, 4.69) is 51.5 Å². The molecule has 0 bridgehead atoms. The number of piperazine rings is 1. The lowest BCUT2D eigenvalue weighted by Gasteiger charge is -2.43. The maximum atomic E-state index is 6.10. The van der Waals surface area contributed by atoms with Crippen LogP contribution in [0.15, 0.2) is 10.7 Å². The molecule has 21 heavy (non-hydrogen) atoms. The summed E-state index contributed by atoms with van der Waals surface area (Å²) in [7, 11) is 0. The lowest BCUT2D eigenvalue weighted by Crippen LogP contribution is -2.54. The second kappa shape index (κ2) is 6.36. The van der Waals surface area contributed by atoms with Crippen LogP contribution >= 0.6 is 39.7 Å². The van der Waals surface area contributed by atoms with E-state index >= 15 is 0 Å². The molecule has 0 amide bonds. The average molecular weight is 392 g/mol. The molecular formula is C14H20BrClN4S. The van der Waals surface area contributed by atoms with E-state index in [0.29, 0.717) is 15.4 Å². The lowest BCUT2D eigenvalue weighted by atomic mass is 10.0. The van der Waals surface area contributed by atoms with Gasteiger partial charge in [-0.05, 0) is 42.8 Å². The Hall–Kier alpha value is -0.430. The van der Waals surface area contributed by atoms with Crippen molar-refractivity contribution in [3.63, 3.8) is 0 Å². The fourth-order valence-corrected chi connectivity index (χ4v) is 3.20. The van der Waals surface area contributed by atoms with Crippen molar-refractivity contribution in [1.29, 1.82) is 0 Å². The standard InChI is InChI=1S/C14H20BrClN4S/c1-14(2,3)20-6-4-19(5-7-20)13(21)9-8-10(16)11(15)18-12(9)17/h8H,4-7H2,1-3H3,(H2,17,18). The largest absolute Gasteiger partial charge is 0.383 e. The smallest absolute Gasteiger partial charge is 0.135 e. The molecule has 1 aromatic heterocycles. The first kappa shape index (κ1) is 16.9. The molecule has 0 aliphatic carbocycles. The van der Waals surface area contributed by atoms with Crippen molar-refractivity contribution >= 4 is 50.6 Å². The van der Waals surface area contributed by atoms with E-state index < -0.39 is 0 Å². The van der Waals surface area contributed by atoms with Crippen LogP contribution in [-0.2, 0) is 0 Å². The Bertz CT molecular complexity index is 551. The molecule has 0 radical (unpaired) electrons. The zero-order valence-corrected chi connectivity index (χ0v) is 15.6. The number of hydrogen-bond donors (Lipinski definition) is 1. The molecule has 0 spiro atoms. The Labute approximate surface area is 144 Å². The minimum absolute atomic E-state index is 0.190. The third kappa shape index (κ3) is 3.86. The van der Waals surface area contributed by atoms with Crippen molar-refractivity contribution in [2.45, 2.75) is 26.3 Å². The van der Waals surface area contributed by atoms with Gasteiger partial charge in [0.15, 0.2) is 0 Å². The van der Waals surface area contributed by atoms with E-state index in [0.717, 1.165) is 36.7 Å². The average Bonchev–Trinajstić information content (AvgIpc) is 2.41. The van der Waals surface area contributed by atoms with Crippen LogP contribution in [0.2, 0.25) is 5.02 Å². The summed E-state index contributed by atoms with van der Waals surface area (Å²) in [4.78, 5) is 9.54. The molecule has 0 unspecified atom stereocenters. The number of nitrogens with zero attached hydrogens (tertiary/aromatic N) is 3. The maximum Gasteiger partial charge on any atom is 0.135 e. The zero-order valence-electron chi connectivity index (χ0n) is 12.5. The van der Waals surface area contributed by atoms with Gasteiger partial charge in [-0.1, -0.05) is 23.8 Å². The normalized spacial score (nSPS) is 17.1. The van der Waals surface area contributed by atoms with Crippen LogP contribution in [0, 0.1) is 0 Å². The summed E-state index contributed by atoms with van der Waals surface area (Å²) in [5, 5.41) is 0.523. The van der Waals surface area contributed by atoms with Crippen LogP contribution in [-0.4, -0.2) is 51.5 Å². The number of nitrogen functional groups attached to an aromatic ring is 1. The van der Waals surface area contributed by atoms with E-state index in [1.807, 2.05) is 0 Å². The van der Waals surface area contributed by atoms with E-state index in [1.165, 1.54) is 0 Å². The van der Waals surface area contributed by atoms with Gasteiger partial charge in [0, 0.05) is 31.7 Å². The molecule has 0 atom stereocenters. The first-order valence-corrected chi connectivity index (χ1v) is 8.44. The van der Waals surface area contributed by atoms with Gasteiger partial charge in [-0.15, -0.1) is 0 Å². The van der Waals surface area contributed by atoms with Gasteiger partial charge in [-0.2, -0.15) is 0 Å². The minimum Gasteiger partial charge on any atom is -0.383 e. The summed E-state index contributed by atoms with van der Waals surface area (Å²) >= 11 is 14.9. The third-order valence-corrected chi connectivity index (χ3v) is 5.31. The Kier molecular flexibility index (Phi) is 5.13. The molecule has 0 aromatic carbocycles. The van der Waals surface area contributed by atoms with Crippen LogP contribution in [0.4, 0.5) is 5.82 Å². The Morgan fingerprint density at radius 1 is 1.33 bits per heavy atom. The molecule has 7 heteroatoms. The summed E-state index contributed by atoms with van der Waals surface area (Å²) in [6.07, 6.45) is 0. The van der Waals surface area contributed by atoms with Crippen molar-refractivity contribution in [1.82, 2.24) is 14.8 Å². The van der Waals surface area contributed by atoms with E-state index in [1.54, 1.807) is 6.07 Å². The molecule has 1 aliphatic heterocycles. The van der Waals surface area contributed by atoms with Crippen LogP contribution in [0.1, 0.15) is 26.3 Å². The number of aromatic nitrogens is 1. The van der Waals surface area contributed by atoms with Crippen LogP contribution in [0.25, 0.3) is 0 Å². The number of pyridine rings is 1. The number of hydrogen-bond acceptors (Lipinski definition) is 4. The molecule has 1 aliphatic rings. The number of nitrogens with two attached hydrogens (primary N) is 1. The topological polar surface area (TPSA) is 45.4 Å². The van der Waals surface area contributed by atoms with Gasteiger partial charge in [0.05, 0.1) is 10.6 Å². The molecule has 116 valence electrons. The molecule has 2 heterocycles. The van der Waals surface area contributed by atoms with Crippen molar-refractivity contribution < 1.29 is 0 Å². The van der Waals surface area contributed by atoms with Crippen LogP contribution in [0.5, 0.6) is 0 Å². The predicted molar refractivity (Wildman–Crippen MR) is 96.0 cm³/mol. The van der Waals surface area contributed by atoms with Crippen molar-refractivity contribution in [3.8, 4) is 0 Å². The second-order valence-corrected chi connectivity index (χ2v) is 7.69. The highest BCUT2D eigenvalue weighted by molar-refractivity contribution is 9.10. The zero-order chi connectivity index (χ0) is 15.8. The van der Waals surface area contributed by atoms with E-state index in [9.17, 15) is 0 Å². The first-order valence-electron chi connectivity index (χ1n) is 6.86. The van der Waals surface area contributed by atoms with Gasteiger partial charge in [-0.3, -0.25) is 4.90 Å². The third-order valence-electron chi connectivity index (χ3n) is 3.71. The van der Waals surface area contributed by atoms with Crippen molar-refractivity contribution in [3.05, 3.63) is 21.3 Å². The molecule has 4 nitrogen and oxygen atoms in total. The highest BCUT2D eigenvalue weighted by Crippen LogP contribution is 2.26. The Balaban J connectivity index is 2.11. The van der Waals surface area contributed by atoms with Crippen LogP contribution in [0.3, 0.4) is 0 Å². The van der Waals surface area contributed by atoms with Gasteiger partial charge < -0.3 is 10.6 Å². The monoisotopic (exact) mass is 390 g/mol. The van der Waals surface area contributed by atoms with Gasteiger partial charge in [-0.25, -0.2) is 4.98 Å². The molecule has 1 fully saturated rings. The molecule has 0 saturated carbocycles. The summed E-state index contributed by atoms with van der Waals surface area (Å²) in [6.45, 7) is 10.5. The Morgan fingerprint density at radius 3 is 2.43 bits per heavy atom. The highest BCUT2D eigenvalue weighted by Gasteiger charge is 2.27. The van der Waals surface area contributed by atoms with Gasteiger partial charge in [0.2, 0.25) is 0 Å². The lowest BCUT2D eigenvalue weighted by molar-refractivity contribution is 0.0893.